The third-order valence-electron chi connectivity index (χ3n) is 3.25. The van der Waals surface area contributed by atoms with Gasteiger partial charge in [-0.1, -0.05) is 30.7 Å². The van der Waals surface area contributed by atoms with Crippen molar-refractivity contribution in [2.75, 3.05) is 0 Å². The van der Waals surface area contributed by atoms with Gasteiger partial charge in [-0.25, -0.2) is 0 Å². The van der Waals surface area contributed by atoms with Gasteiger partial charge in [-0.3, -0.25) is 16.3 Å². The number of hydrogen-bond donors (Lipinski definition) is 2. The van der Waals surface area contributed by atoms with Gasteiger partial charge >= 0.3 is 0 Å². The molecular weight excluding hydrogens is 385 g/mol. The second-order valence-corrected chi connectivity index (χ2v) is 6.18. The second-order valence-electron chi connectivity index (χ2n) is 4.61. The molecule has 1 aromatic heterocycles. The van der Waals surface area contributed by atoms with Gasteiger partial charge in [0.2, 0.25) is 0 Å². The van der Waals surface area contributed by atoms with E-state index in [4.69, 9.17) is 17.4 Å². The lowest BCUT2D eigenvalue weighted by Crippen LogP contribution is -2.29. The molecule has 5 heteroatoms. The number of benzene rings is 1. The van der Waals surface area contributed by atoms with Crippen LogP contribution in [0.2, 0.25) is 5.02 Å². The fourth-order valence-electron chi connectivity index (χ4n) is 2.00. The van der Waals surface area contributed by atoms with E-state index in [2.05, 4.69) is 52.1 Å². The van der Waals surface area contributed by atoms with Crippen molar-refractivity contribution in [3.05, 3.63) is 61.9 Å². The molecule has 1 aromatic carbocycles. The Morgan fingerprint density at radius 3 is 2.70 bits per heavy atom. The summed E-state index contributed by atoms with van der Waals surface area (Å²) in [6.07, 6.45) is 3.65. The van der Waals surface area contributed by atoms with Crippen molar-refractivity contribution in [3.8, 4) is 0 Å². The Morgan fingerprint density at radius 1 is 1.35 bits per heavy atom. The minimum Gasteiger partial charge on any atom is -0.271 e. The maximum atomic E-state index is 6.17. The molecule has 0 aliphatic carbocycles. The van der Waals surface area contributed by atoms with Crippen molar-refractivity contribution in [1.29, 1.82) is 0 Å². The fraction of sp³-hybridized carbons (Fsp3) is 0.267. The third-order valence-corrected chi connectivity index (χ3v) is 4.83. The summed E-state index contributed by atoms with van der Waals surface area (Å²) in [5, 5.41) is 0.748. The molecule has 0 radical (unpaired) electrons. The summed E-state index contributed by atoms with van der Waals surface area (Å²) < 4.78 is 1.04. The smallest absolute Gasteiger partial charge is 0.0542 e. The standard InChI is InChI=1S/C15H17ClIN3/c1-2-10-3-5-12(19-9-10)8-15(20-18)11-4-6-14(17)13(16)7-11/h3-7,9,15,20H,2,8,18H2,1H3. The van der Waals surface area contributed by atoms with Crippen molar-refractivity contribution >= 4 is 34.2 Å². The number of nitrogens with two attached hydrogens (primary N) is 1. The van der Waals surface area contributed by atoms with Crippen LogP contribution in [0.3, 0.4) is 0 Å². The number of aryl methyl sites for hydroxylation is 1. The van der Waals surface area contributed by atoms with Crippen molar-refractivity contribution in [2.45, 2.75) is 25.8 Å². The van der Waals surface area contributed by atoms with Gasteiger partial charge in [0, 0.05) is 21.9 Å². The van der Waals surface area contributed by atoms with Gasteiger partial charge < -0.3 is 0 Å². The summed E-state index contributed by atoms with van der Waals surface area (Å²) in [5.74, 6) is 5.67. The Kier molecular flexibility index (Phi) is 5.77. The van der Waals surface area contributed by atoms with E-state index < -0.39 is 0 Å². The summed E-state index contributed by atoms with van der Waals surface area (Å²) in [7, 11) is 0. The van der Waals surface area contributed by atoms with Crippen molar-refractivity contribution < 1.29 is 0 Å². The fourth-order valence-corrected chi connectivity index (χ4v) is 2.52. The molecular formula is C15H17ClIN3. The largest absolute Gasteiger partial charge is 0.271 e. The molecule has 0 fully saturated rings. The van der Waals surface area contributed by atoms with Gasteiger partial charge in [0.25, 0.3) is 0 Å². The third kappa shape index (κ3) is 3.91. The zero-order valence-electron chi connectivity index (χ0n) is 11.2. The molecule has 0 bridgehead atoms. The highest BCUT2D eigenvalue weighted by Crippen LogP contribution is 2.24. The highest BCUT2D eigenvalue weighted by Gasteiger charge is 2.12. The zero-order chi connectivity index (χ0) is 14.5. The molecule has 0 amide bonds. The lowest BCUT2D eigenvalue weighted by atomic mass is 10.0. The summed E-state index contributed by atoms with van der Waals surface area (Å²) in [5.41, 5.74) is 6.16. The predicted molar refractivity (Wildman–Crippen MR) is 91.6 cm³/mol. The van der Waals surface area contributed by atoms with E-state index in [1.54, 1.807) is 0 Å². The van der Waals surface area contributed by atoms with Crippen LogP contribution in [0, 0.1) is 3.57 Å². The molecule has 0 saturated heterocycles. The number of hydrogen-bond acceptors (Lipinski definition) is 3. The van der Waals surface area contributed by atoms with Crippen LogP contribution in [0.5, 0.6) is 0 Å². The molecule has 2 aromatic rings. The number of rotatable bonds is 5. The Bertz CT molecular complexity index is 572. The summed E-state index contributed by atoms with van der Waals surface area (Å²) in [4.78, 5) is 4.47. The first-order valence-corrected chi connectivity index (χ1v) is 7.94. The molecule has 0 aliphatic rings. The topological polar surface area (TPSA) is 50.9 Å². The highest BCUT2D eigenvalue weighted by molar-refractivity contribution is 14.1. The van der Waals surface area contributed by atoms with Gasteiger partial charge in [-0.15, -0.1) is 0 Å². The Labute approximate surface area is 138 Å². The first-order valence-electron chi connectivity index (χ1n) is 6.49. The van der Waals surface area contributed by atoms with Crippen LogP contribution in [0.4, 0.5) is 0 Å². The maximum absolute atomic E-state index is 6.17. The number of nitrogens with one attached hydrogen (secondary N) is 1. The Morgan fingerprint density at radius 2 is 2.15 bits per heavy atom. The van der Waals surface area contributed by atoms with Gasteiger partial charge in [-0.05, 0) is 58.3 Å². The van der Waals surface area contributed by atoms with Crippen LogP contribution < -0.4 is 11.3 Å². The molecule has 0 aliphatic heterocycles. The number of halogens is 2. The van der Waals surface area contributed by atoms with E-state index in [0.29, 0.717) is 0 Å². The van der Waals surface area contributed by atoms with E-state index in [1.807, 2.05) is 24.4 Å². The molecule has 1 heterocycles. The minimum absolute atomic E-state index is 0.00414. The second kappa shape index (κ2) is 7.36. The van der Waals surface area contributed by atoms with E-state index in [9.17, 15) is 0 Å². The van der Waals surface area contributed by atoms with Gasteiger partial charge in [0.1, 0.15) is 0 Å². The van der Waals surface area contributed by atoms with Crippen molar-refractivity contribution in [3.63, 3.8) is 0 Å². The highest BCUT2D eigenvalue weighted by atomic mass is 127. The molecule has 106 valence electrons. The number of hydrazine groups is 1. The monoisotopic (exact) mass is 401 g/mol. The molecule has 20 heavy (non-hydrogen) atoms. The lowest BCUT2D eigenvalue weighted by molar-refractivity contribution is 0.546. The molecule has 2 rings (SSSR count). The van der Waals surface area contributed by atoms with Crippen LogP contribution in [0.1, 0.15) is 29.8 Å². The van der Waals surface area contributed by atoms with E-state index >= 15 is 0 Å². The van der Waals surface area contributed by atoms with E-state index in [-0.39, 0.29) is 6.04 Å². The first-order chi connectivity index (χ1) is 9.63. The molecule has 3 nitrogen and oxygen atoms in total. The van der Waals surface area contributed by atoms with E-state index in [1.165, 1.54) is 5.56 Å². The lowest BCUT2D eigenvalue weighted by Gasteiger charge is -2.16. The number of nitrogens with zero attached hydrogens (tertiary/aromatic N) is 1. The zero-order valence-corrected chi connectivity index (χ0v) is 14.1. The minimum atomic E-state index is 0.00414. The van der Waals surface area contributed by atoms with E-state index in [0.717, 1.165) is 32.7 Å². The molecule has 0 saturated carbocycles. The molecule has 1 atom stereocenters. The summed E-state index contributed by atoms with van der Waals surface area (Å²) in [6, 6.07) is 10.2. The Hall–Kier alpha value is -0.690. The maximum Gasteiger partial charge on any atom is 0.0542 e. The molecule has 3 N–H and O–H groups in total. The van der Waals surface area contributed by atoms with Crippen molar-refractivity contribution in [2.24, 2.45) is 5.84 Å². The number of pyridine rings is 1. The van der Waals surface area contributed by atoms with Gasteiger partial charge in [0.15, 0.2) is 0 Å². The van der Waals surface area contributed by atoms with Gasteiger partial charge in [-0.2, -0.15) is 0 Å². The first kappa shape index (κ1) is 15.7. The summed E-state index contributed by atoms with van der Waals surface area (Å²) >= 11 is 8.38. The van der Waals surface area contributed by atoms with Crippen LogP contribution in [-0.4, -0.2) is 4.98 Å². The van der Waals surface area contributed by atoms with Crippen molar-refractivity contribution in [1.82, 2.24) is 10.4 Å². The predicted octanol–water partition coefficient (Wildman–Crippen LogP) is 3.65. The van der Waals surface area contributed by atoms with Gasteiger partial charge in [0.05, 0.1) is 11.1 Å². The Balaban J connectivity index is 2.16. The van der Waals surface area contributed by atoms with Crippen LogP contribution >= 0.6 is 34.2 Å². The average Bonchev–Trinajstić information content (AvgIpc) is 2.48. The van der Waals surface area contributed by atoms with Crippen LogP contribution in [-0.2, 0) is 12.8 Å². The summed E-state index contributed by atoms with van der Waals surface area (Å²) in [6.45, 7) is 2.12. The number of aromatic nitrogens is 1. The normalized spacial score (nSPS) is 12.4. The van der Waals surface area contributed by atoms with Crippen LogP contribution in [0.15, 0.2) is 36.5 Å². The van der Waals surface area contributed by atoms with Crippen LogP contribution in [0.25, 0.3) is 0 Å². The quantitative estimate of drug-likeness (QED) is 0.457. The SMILES string of the molecule is CCc1ccc(CC(NN)c2ccc(I)c(Cl)c2)nc1. The average molecular weight is 402 g/mol. The molecule has 1 unspecified atom stereocenters. The molecule has 0 spiro atoms.